The molecule has 3 amide bonds. The minimum atomic E-state index is -1.49. The van der Waals surface area contributed by atoms with Crippen LogP contribution in [0, 0.1) is 0 Å². The van der Waals surface area contributed by atoms with Crippen LogP contribution in [0.4, 0.5) is 4.79 Å². The maximum absolute atomic E-state index is 12.8. The fourth-order valence-corrected chi connectivity index (χ4v) is 3.72. The highest BCUT2D eigenvalue weighted by molar-refractivity contribution is 6.47. The second-order valence-electron chi connectivity index (χ2n) is 6.49. The summed E-state index contributed by atoms with van der Waals surface area (Å²) in [7, 11) is -1.49. The Morgan fingerprint density at radius 1 is 1.38 bits per heavy atom. The molecule has 0 radical (unpaired) electrons. The summed E-state index contributed by atoms with van der Waals surface area (Å²) < 4.78 is 5.38. The van der Waals surface area contributed by atoms with Crippen LogP contribution in [0.1, 0.15) is 22.3 Å². The van der Waals surface area contributed by atoms with Crippen LogP contribution in [0.3, 0.4) is 0 Å². The van der Waals surface area contributed by atoms with Crippen LogP contribution in [-0.4, -0.2) is 64.6 Å². The van der Waals surface area contributed by atoms with Gasteiger partial charge in [0.15, 0.2) is 0 Å². The van der Waals surface area contributed by atoms with E-state index in [2.05, 4.69) is 10.6 Å². The van der Waals surface area contributed by atoms with Crippen molar-refractivity contribution in [2.24, 2.45) is 0 Å². The van der Waals surface area contributed by atoms with E-state index in [0.717, 1.165) is 4.90 Å². The van der Waals surface area contributed by atoms with Gasteiger partial charge in [0.1, 0.15) is 11.3 Å². The molecule has 3 heterocycles. The van der Waals surface area contributed by atoms with Gasteiger partial charge in [-0.25, -0.2) is 9.59 Å². The summed E-state index contributed by atoms with van der Waals surface area (Å²) >= 11 is 0. The maximum Gasteiger partial charge on any atom is 0.547 e. The van der Waals surface area contributed by atoms with Gasteiger partial charge in [0.2, 0.25) is 0 Å². The molecule has 11 heteroatoms. The predicted molar refractivity (Wildman–Crippen MR) is 92.3 cm³/mol. The maximum atomic E-state index is 12.8. The van der Waals surface area contributed by atoms with E-state index in [4.69, 9.17) is 4.65 Å². The molecule has 1 unspecified atom stereocenters. The molecule has 2 atom stereocenters. The van der Waals surface area contributed by atoms with Gasteiger partial charge < -0.3 is 25.4 Å². The van der Waals surface area contributed by atoms with Crippen molar-refractivity contribution in [1.29, 1.82) is 0 Å². The largest absolute Gasteiger partial charge is 0.547 e. The van der Waals surface area contributed by atoms with Gasteiger partial charge in [0.25, 0.3) is 5.91 Å². The zero-order valence-corrected chi connectivity index (χ0v) is 14.4. The number of halogens is 1. The normalized spacial score (nSPS) is 27.0. The number of carbonyl (C=O) groups is 3. The van der Waals surface area contributed by atoms with Crippen LogP contribution in [0.5, 0.6) is 5.75 Å². The summed E-state index contributed by atoms with van der Waals surface area (Å²) in [6.07, 6.45) is 0.609. The highest BCUT2D eigenvalue weighted by Crippen LogP contribution is 2.34. The van der Waals surface area contributed by atoms with Crippen molar-refractivity contribution < 1.29 is 29.2 Å². The summed E-state index contributed by atoms with van der Waals surface area (Å²) in [4.78, 5) is 37.5. The SMILES string of the molecule is Cl.O=C(O)c1cccc2c1OB(O)[C@@H](N1C(=O)NC3(CCNC3)C1=O)C2. The zero-order chi connectivity index (χ0) is 17.8. The number of aromatic carboxylic acids is 1. The van der Waals surface area contributed by atoms with Crippen LogP contribution in [0.2, 0.25) is 0 Å². The molecule has 9 nitrogen and oxygen atoms in total. The second-order valence-corrected chi connectivity index (χ2v) is 6.49. The Hall–Kier alpha value is -2.30. The number of benzene rings is 1. The Labute approximate surface area is 155 Å². The number of para-hydroxylation sites is 1. The van der Waals surface area contributed by atoms with Crippen molar-refractivity contribution in [1.82, 2.24) is 15.5 Å². The summed E-state index contributed by atoms with van der Waals surface area (Å²) in [6.45, 7) is 0.964. The molecule has 1 aromatic rings. The Kier molecular flexibility index (Phi) is 4.59. The number of hydrogen-bond acceptors (Lipinski definition) is 6. The lowest BCUT2D eigenvalue weighted by molar-refractivity contribution is -0.131. The van der Waals surface area contributed by atoms with Crippen LogP contribution < -0.4 is 15.3 Å². The molecule has 0 bridgehead atoms. The Morgan fingerprint density at radius 3 is 2.81 bits per heavy atom. The van der Waals surface area contributed by atoms with Gasteiger partial charge in [-0.3, -0.25) is 9.69 Å². The average molecular weight is 382 g/mol. The van der Waals surface area contributed by atoms with E-state index in [1.165, 1.54) is 6.07 Å². The first kappa shape index (κ1) is 18.5. The number of carboxylic acids is 1. The molecule has 0 aromatic heterocycles. The smallest absolute Gasteiger partial charge is 0.534 e. The van der Waals surface area contributed by atoms with E-state index < -0.39 is 36.5 Å². The third-order valence-electron chi connectivity index (χ3n) is 5.00. The highest BCUT2D eigenvalue weighted by Gasteiger charge is 2.57. The van der Waals surface area contributed by atoms with Crippen molar-refractivity contribution in [3.63, 3.8) is 0 Å². The Balaban J connectivity index is 0.00000196. The van der Waals surface area contributed by atoms with Gasteiger partial charge in [-0.1, -0.05) is 12.1 Å². The summed E-state index contributed by atoms with van der Waals surface area (Å²) in [5.74, 6) is -2.41. The first-order valence-corrected chi connectivity index (χ1v) is 7.99. The van der Waals surface area contributed by atoms with Crippen LogP contribution in [-0.2, 0) is 11.2 Å². The minimum absolute atomic E-state index is 0. The van der Waals surface area contributed by atoms with Gasteiger partial charge in [0.05, 0.1) is 11.5 Å². The first-order valence-electron chi connectivity index (χ1n) is 7.99. The van der Waals surface area contributed by atoms with E-state index in [-0.39, 0.29) is 30.1 Å². The molecule has 26 heavy (non-hydrogen) atoms. The summed E-state index contributed by atoms with van der Waals surface area (Å²) in [5.41, 5.74) is -0.509. The summed E-state index contributed by atoms with van der Waals surface area (Å²) in [5, 5.41) is 25.3. The molecule has 4 N–H and O–H groups in total. The molecule has 1 aromatic carbocycles. The standard InChI is InChI=1S/C15H16BN3O6.ClH/c20-12(21)9-3-1-2-8-6-10(16(24)25-11(8)9)19-13(22)15(18-14(19)23)4-5-17-7-15;/h1-3,10,17,24H,4-7H2,(H,18,23)(H,20,21);1H/t10-,15?;/m0./s1. The zero-order valence-electron chi connectivity index (χ0n) is 13.6. The number of carbonyl (C=O) groups excluding carboxylic acids is 2. The molecule has 2 saturated heterocycles. The average Bonchev–Trinajstić information content (AvgIpc) is 3.12. The van der Waals surface area contributed by atoms with Gasteiger partial charge >= 0.3 is 19.1 Å². The van der Waals surface area contributed by atoms with Crippen LogP contribution in [0.15, 0.2) is 18.2 Å². The molecular formula is C15H17BClN3O6. The quantitative estimate of drug-likeness (QED) is 0.398. The number of urea groups is 1. The van der Waals surface area contributed by atoms with E-state index in [1.807, 2.05) is 0 Å². The minimum Gasteiger partial charge on any atom is -0.534 e. The van der Waals surface area contributed by atoms with Gasteiger partial charge in [-0.15, -0.1) is 12.4 Å². The fourth-order valence-electron chi connectivity index (χ4n) is 3.72. The monoisotopic (exact) mass is 381 g/mol. The lowest BCUT2D eigenvalue weighted by Crippen LogP contribution is -2.57. The molecular weight excluding hydrogens is 364 g/mol. The number of hydrogen-bond donors (Lipinski definition) is 4. The number of rotatable bonds is 2. The fraction of sp³-hybridized carbons (Fsp3) is 0.400. The highest BCUT2D eigenvalue weighted by atomic mass is 35.5. The third kappa shape index (κ3) is 2.61. The van der Waals surface area contributed by atoms with E-state index in [9.17, 15) is 24.5 Å². The molecule has 0 aliphatic carbocycles. The Bertz CT molecular complexity index is 785. The van der Waals surface area contributed by atoms with Crippen LogP contribution >= 0.6 is 12.4 Å². The molecule has 138 valence electrons. The number of carboxylic acid groups (broad SMARTS) is 1. The molecule has 4 rings (SSSR count). The van der Waals surface area contributed by atoms with E-state index >= 15 is 0 Å². The van der Waals surface area contributed by atoms with Gasteiger partial charge in [0, 0.05) is 6.54 Å². The van der Waals surface area contributed by atoms with Crippen molar-refractivity contribution in [2.75, 3.05) is 13.1 Å². The van der Waals surface area contributed by atoms with E-state index in [0.29, 0.717) is 25.1 Å². The second kappa shape index (κ2) is 6.46. The molecule has 0 saturated carbocycles. The summed E-state index contributed by atoms with van der Waals surface area (Å²) in [6, 6.07) is 4.03. The Morgan fingerprint density at radius 2 is 2.15 bits per heavy atom. The van der Waals surface area contributed by atoms with Gasteiger partial charge in [-0.2, -0.15) is 0 Å². The van der Waals surface area contributed by atoms with Crippen molar-refractivity contribution in [2.45, 2.75) is 24.3 Å². The van der Waals surface area contributed by atoms with Gasteiger partial charge in [-0.05, 0) is 31.0 Å². The first-order chi connectivity index (χ1) is 11.9. The van der Waals surface area contributed by atoms with Crippen molar-refractivity contribution in [3.05, 3.63) is 29.3 Å². The topological polar surface area (TPSA) is 128 Å². The number of amides is 3. The van der Waals surface area contributed by atoms with Crippen molar-refractivity contribution >= 4 is 37.4 Å². The number of nitrogens with one attached hydrogen (secondary N) is 2. The third-order valence-corrected chi connectivity index (χ3v) is 5.00. The number of nitrogens with zero attached hydrogens (tertiary/aromatic N) is 1. The number of imide groups is 1. The molecule has 2 fully saturated rings. The molecule has 3 aliphatic rings. The molecule has 3 aliphatic heterocycles. The lowest BCUT2D eigenvalue weighted by atomic mass is 9.71. The van der Waals surface area contributed by atoms with Crippen LogP contribution in [0.25, 0.3) is 0 Å². The van der Waals surface area contributed by atoms with E-state index in [1.54, 1.807) is 12.1 Å². The lowest BCUT2D eigenvalue weighted by Gasteiger charge is -2.33. The predicted octanol–water partition coefficient (Wildman–Crippen LogP) is -0.586. The number of fused-ring (bicyclic) bond motifs is 1. The molecule has 1 spiro atoms. The van der Waals surface area contributed by atoms with Crippen molar-refractivity contribution in [3.8, 4) is 5.75 Å².